The number of benzene rings is 2. The lowest BCUT2D eigenvalue weighted by Crippen LogP contribution is -2.04. The van der Waals surface area contributed by atoms with Gasteiger partial charge in [-0.3, -0.25) is 5.43 Å². The highest BCUT2D eigenvalue weighted by Gasteiger charge is 2.12. The number of hydrogen-bond donors (Lipinski definition) is 1. The molecule has 0 aliphatic heterocycles. The molecule has 116 valence electrons. The zero-order chi connectivity index (χ0) is 16.2. The molecule has 5 heteroatoms. The molecule has 0 unspecified atom stereocenters. The van der Waals surface area contributed by atoms with E-state index >= 15 is 0 Å². The minimum atomic E-state index is 0.786. The van der Waals surface area contributed by atoms with E-state index in [1.54, 1.807) is 0 Å². The van der Waals surface area contributed by atoms with Crippen LogP contribution in [0.2, 0.25) is 0 Å². The number of nitrogens with zero attached hydrogens (tertiary/aromatic N) is 4. The lowest BCUT2D eigenvalue weighted by Gasteiger charge is -2.05. The van der Waals surface area contributed by atoms with Crippen LogP contribution in [0, 0.1) is 13.8 Å². The van der Waals surface area contributed by atoms with Crippen LogP contribution >= 0.6 is 0 Å². The van der Waals surface area contributed by atoms with Gasteiger partial charge in [0.05, 0.1) is 22.8 Å². The van der Waals surface area contributed by atoms with Crippen LogP contribution in [0.15, 0.2) is 59.7 Å². The highest BCUT2D eigenvalue weighted by Crippen LogP contribution is 2.14. The zero-order valence-electron chi connectivity index (χ0n) is 13.5. The van der Waals surface area contributed by atoms with Crippen LogP contribution in [0.3, 0.4) is 0 Å². The molecule has 0 spiro atoms. The molecule has 2 aromatic carbocycles. The van der Waals surface area contributed by atoms with Gasteiger partial charge in [0.1, 0.15) is 5.69 Å². The molecule has 0 saturated heterocycles. The number of aromatic nitrogens is 3. The summed E-state index contributed by atoms with van der Waals surface area (Å²) in [6, 6.07) is 18.0. The number of anilines is 1. The summed E-state index contributed by atoms with van der Waals surface area (Å²) in [5.74, 6) is 0. The predicted octanol–water partition coefficient (Wildman–Crippen LogP) is 3.72. The summed E-state index contributed by atoms with van der Waals surface area (Å²) in [5.41, 5.74) is 8.74. The van der Waals surface area contributed by atoms with E-state index in [0.29, 0.717) is 0 Å². The van der Waals surface area contributed by atoms with Crippen molar-refractivity contribution in [1.82, 2.24) is 15.0 Å². The van der Waals surface area contributed by atoms with Crippen LogP contribution < -0.4 is 5.43 Å². The molecule has 0 amide bonds. The maximum absolute atomic E-state index is 4.40. The Kier molecular flexibility index (Phi) is 4.19. The van der Waals surface area contributed by atoms with Gasteiger partial charge in [-0.15, -0.1) is 5.10 Å². The van der Waals surface area contributed by atoms with Crippen LogP contribution in [0.4, 0.5) is 5.69 Å². The van der Waals surface area contributed by atoms with Crippen molar-refractivity contribution in [3.63, 3.8) is 0 Å². The Labute approximate surface area is 135 Å². The molecular formula is C18H19N5. The van der Waals surface area contributed by atoms with Crippen molar-refractivity contribution in [1.29, 1.82) is 0 Å². The molecule has 0 aliphatic rings. The number of aryl methyl sites for hydroxylation is 1. The maximum Gasteiger partial charge on any atom is 0.132 e. The molecule has 0 bridgehead atoms. The second-order valence-corrected chi connectivity index (χ2v) is 5.45. The minimum absolute atomic E-state index is 0.786. The van der Waals surface area contributed by atoms with Gasteiger partial charge in [0.2, 0.25) is 0 Å². The molecule has 1 aromatic heterocycles. The number of para-hydroxylation sites is 1. The number of hydrazone groups is 1. The summed E-state index contributed by atoms with van der Waals surface area (Å²) in [7, 11) is 0. The first-order chi connectivity index (χ1) is 11.1. The molecule has 0 atom stereocenters. The van der Waals surface area contributed by atoms with Gasteiger partial charge in [-0.2, -0.15) is 5.10 Å². The first-order valence-corrected chi connectivity index (χ1v) is 7.50. The number of rotatable bonds is 4. The Hall–Kier alpha value is -2.95. The van der Waals surface area contributed by atoms with E-state index in [9.17, 15) is 0 Å². The van der Waals surface area contributed by atoms with E-state index in [1.807, 2.05) is 61.0 Å². The van der Waals surface area contributed by atoms with E-state index in [1.165, 1.54) is 5.56 Å². The Balaban J connectivity index is 1.85. The SMILES string of the molecule is C/C(=N\Nc1ccccc1)c1nnn(-c2ccc(C)cc2)c1C. The normalized spacial score (nSPS) is 11.5. The Bertz CT molecular complexity index is 816. The van der Waals surface area contributed by atoms with Crippen molar-refractivity contribution in [2.75, 3.05) is 5.43 Å². The summed E-state index contributed by atoms with van der Waals surface area (Å²) in [4.78, 5) is 0. The first-order valence-electron chi connectivity index (χ1n) is 7.50. The van der Waals surface area contributed by atoms with Crippen molar-refractivity contribution in [3.8, 4) is 5.69 Å². The summed E-state index contributed by atoms with van der Waals surface area (Å²) >= 11 is 0. The van der Waals surface area contributed by atoms with Gasteiger partial charge in [0, 0.05) is 0 Å². The van der Waals surface area contributed by atoms with Crippen molar-refractivity contribution in [3.05, 3.63) is 71.5 Å². The third-order valence-corrected chi connectivity index (χ3v) is 3.64. The Morgan fingerprint density at radius 1 is 1.00 bits per heavy atom. The third-order valence-electron chi connectivity index (χ3n) is 3.64. The Morgan fingerprint density at radius 3 is 2.39 bits per heavy atom. The average molecular weight is 305 g/mol. The van der Waals surface area contributed by atoms with Crippen LogP contribution in [0.1, 0.15) is 23.9 Å². The Morgan fingerprint density at radius 2 is 1.70 bits per heavy atom. The average Bonchev–Trinajstić information content (AvgIpc) is 2.96. The summed E-state index contributed by atoms with van der Waals surface area (Å²) in [6.45, 7) is 5.98. The van der Waals surface area contributed by atoms with Crippen LogP contribution in [0.25, 0.3) is 5.69 Å². The monoisotopic (exact) mass is 305 g/mol. The molecule has 0 saturated carbocycles. The molecule has 0 aliphatic carbocycles. The van der Waals surface area contributed by atoms with Gasteiger partial charge in [-0.25, -0.2) is 4.68 Å². The topological polar surface area (TPSA) is 55.1 Å². The van der Waals surface area contributed by atoms with E-state index in [-0.39, 0.29) is 0 Å². The van der Waals surface area contributed by atoms with Gasteiger partial charge in [-0.1, -0.05) is 41.1 Å². The highest BCUT2D eigenvalue weighted by molar-refractivity contribution is 5.98. The molecule has 1 N–H and O–H groups in total. The van der Waals surface area contributed by atoms with Gasteiger partial charge < -0.3 is 0 Å². The van der Waals surface area contributed by atoms with Crippen molar-refractivity contribution >= 4 is 11.4 Å². The van der Waals surface area contributed by atoms with Crippen LogP contribution in [0.5, 0.6) is 0 Å². The van der Waals surface area contributed by atoms with E-state index in [2.05, 4.69) is 39.9 Å². The second kappa shape index (κ2) is 6.44. The fourth-order valence-corrected chi connectivity index (χ4v) is 2.31. The molecule has 0 fully saturated rings. The van der Waals surface area contributed by atoms with Crippen molar-refractivity contribution in [2.24, 2.45) is 5.10 Å². The van der Waals surface area contributed by atoms with Gasteiger partial charge in [-0.05, 0) is 45.0 Å². The van der Waals surface area contributed by atoms with Crippen molar-refractivity contribution in [2.45, 2.75) is 20.8 Å². The van der Waals surface area contributed by atoms with E-state index < -0.39 is 0 Å². The maximum atomic E-state index is 4.40. The highest BCUT2D eigenvalue weighted by atomic mass is 15.4. The van der Waals surface area contributed by atoms with E-state index in [0.717, 1.165) is 28.5 Å². The first kappa shape index (κ1) is 15.0. The quantitative estimate of drug-likeness (QED) is 0.590. The summed E-state index contributed by atoms with van der Waals surface area (Å²) < 4.78 is 1.83. The largest absolute Gasteiger partial charge is 0.278 e. The second-order valence-electron chi connectivity index (χ2n) is 5.45. The van der Waals surface area contributed by atoms with Gasteiger partial charge in [0.25, 0.3) is 0 Å². The number of hydrogen-bond acceptors (Lipinski definition) is 4. The van der Waals surface area contributed by atoms with Crippen LogP contribution in [-0.4, -0.2) is 20.7 Å². The lowest BCUT2D eigenvalue weighted by atomic mass is 10.2. The van der Waals surface area contributed by atoms with E-state index in [4.69, 9.17) is 0 Å². The number of nitrogens with one attached hydrogen (secondary N) is 1. The third kappa shape index (κ3) is 3.29. The smallest absolute Gasteiger partial charge is 0.132 e. The van der Waals surface area contributed by atoms with Gasteiger partial charge in [0.15, 0.2) is 0 Å². The molecule has 5 nitrogen and oxygen atoms in total. The molecule has 1 heterocycles. The summed E-state index contributed by atoms with van der Waals surface area (Å²) in [5, 5.41) is 12.9. The fourth-order valence-electron chi connectivity index (χ4n) is 2.31. The molecule has 23 heavy (non-hydrogen) atoms. The lowest BCUT2D eigenvalue weighted by molar-refractivity contribution is 0.784. The van der Waals surface area contributed by atoms with Crippen LogP contribution in [-0.2, 0) is 0 Å². The zero-order valence-corrected chi connectivity index (χ0v) is 13.5. The fraction of sp³-hybridized carbons (Fsp3) is 0.167. The predicted molar refractivity (Wildman–Crippen MR) is 93.1 cm³/mol. The standard InChI is InChI=1S/C18H19N5/c1-13-9-11-17(12-10-13)23-15(3)18(21-22-23)14(2)19-20-16-7-5-4-6-8-16/h4-12,20H,1-3H3/b19-14+. The molecule has 3 aromatic rings. The molecule has 0 radical (unpaired) electrons. The minimum Gasteiger partial charge on any atom is -0.278 e. The molecular weight excluding hydrogens is 286 g/mol. The van der Waals surface area contributed by atoms with Gasteiger partial charge >= 0.3 is 0 Å². The van der Waals surface area contributed by atoms with Crippen molar-refractivity contribution < 1.29 is 0 Å². The molecule has 3 rings (SSSR count). The summed E-state index contributed by atoms with van der Waals surface area (Å²) in [6.07, 6.45) is 0.